The van der Waals surface area contributed by atoms with Gasteiger partial charge in [0.15, 0.2) is 10.7 Å². The molecule has 0 spiro atoms. The van der Waals surface area contributed by atoms with Gasteiger partial charge in [-0.2, -0.15) is 4.31 Å². The molecule has 1 aromatic heterocycles. The molecule has 1 heterocycles. The van der Waals surface area contributed by atoms with Gasteiger partial charge in [0, 0.05) is 6.07 Å². The van der Waals surface area contributed by atoms with E-state index in [1.165, 1.54) is 20.8 Å². The number of aromatic nitrogens is 1. The fourth-order valence-electron chi connectivity index (χ4n) is 2.36. The number of hydrogen-bond donors (Lipinski definition) is 1. The summed E-state index contributed by atoms with van der Waals surface area (Å²) >= 11 is 0. The normalized spacial score (nSPS) is 11.9. The summed E-state index contributed by atoms with van der Waals surface area (Å²) in [6, 6.07) is 1.86. The van der Waals surface area contributed by atoms with Gasteiger partial charge in [-0.1, -0.05) is 0 Å². The highest BCUT2D eigenvalue weighted by Gasteiger charge is 2.39. The van der Waals surface area contributed by atoms with E-state index >= 15 is 0 Å². The molecule has 0 unspecified atom stereocenters. The van der Waals surface area contributed by atoms with Crippen molar-refractivity contribution in [1.29, 1.82) is 0 Å². The molecule has 1 N–H and O–H groups in total. The summed E-state index contributed by atoms with van der Waals surface area (Å²) in [6.07, 6.45) is -0.874. The molecule has 30 heavy (non-hydrogen) atoms. The van der Waals surface area contributed by atoms with E-state index in [0.717, 1.165) is 7.11 Å². The molecule has 0 bridgehead atoms. The Morgan fingerprint density at radius 1 is 1.23 bits per heavy atom. The minimum Gasteiger partial charge on any atom is -0.480 e. The molecule has 2 aromatic rings. The van der Waals surface area contributed by atoms with Crippen molar-refractivity contribution < 1.29 is 41.0 Å². The van der Waals surface area contributed by atoms with Gasteiger partial charge in [0.05, 0.1) is 25.5 Å². The summed E-state index contributed by atoms with van der Waals surface area (Å²) in [5, 5.41) is 9.23. The number of sulfonamides is 1. The van der Waals surface area contributed by atoms with Gasteiger partial charge in [-0.05, 0) is 32.9 Å². The van der Waals surface area contributed by atoms with Crippen LogP contribution in [0.15, 0.2) is 29.3 Å². The minimum atomic E-state index is -5.06. The van der Waals surface area contributed by atoms with Crippen LogP contribution >= 0.6 is 0 Å². The lowest BCUT2D eigenvalue weighted by Crippen LogP contribution is -2.41. The maximum absolute atomic E-state index is 14.8. The van der Waals surface area contributed by atoms with E-state index in [-0.39, 0.29) is 4.31 Å². The number of aliphatic hydroxyl groups excluding tert-OH is 1. The average molecular weight is 448 g/mol. The molecule has 1 amide bonds. The molecule has 1 aromatic carbocycles. The van der Waals surface area contributed by atoms with Crippen LogP contribution in [-0.2, 0) is 21.4 Å². The largest absolute Gasteiger partial charge is 0.480 e. The molecule has 164 valence electrons. The Hall–Kier alpha value is -2.86. The molecule has 0 radical (unpaired) electrons. The molecule has 0 saturated carbocycles. The number of amides is 1. The molecular weight excluding hydrogens is 429 g/mol. The van der Waals surface area contributed by atoms with E-state index in [4.69, 9.17) is 9.47 Å². The highest BCUT2D eigenvalue weighted by molar-refractivity contribution is 7.93. The monoisotopic (exact) mass is 448 g/mol. The SMILES string of the molecule is COc1ncc(F)cc1S(=O)(=O)N(C(=O)OC(C)(C)C)c1ccc(F)c(CO)c1F. The molecule has 0 aliphatic heterocycles. The van der Waals surface area contributed by atoms with Crippen LogP contribution in [0.3, 0.4) is 0 Å². The van der Waals surface area contributed by atoms with Gasteiger partial charge < -0.3 is 14.6 Å². The van der Waals surface area contributed by atoms with Crippen LogP contribution < -0.4 is 9.04 Å². The predicted molar refractivity (Wildman–Crippen MR) is 98.9 cm³/mol. The first-order valence-electron chi connectivity index (χ1n) is 8.39. The summed E-state index contributed by atoms with van der Waals surface area (Å²) in [5.74, 6) is -4.33. The number of carbonyl (C=O) groups excluding carboxylic acids is 1. The highest BCUT2D eigenvalue weighted by atomic mass is 32.2. The maximum atomic E-state index is 14.8. The quantitative estimate of drug-likeness (QED) is 0.749. The number of nitrogens with zero attached hydrogens (tertiary/aromatic N) is 2. The minimum absolute atomic E-state index is 0.106. The molecule has 8 nitrogen and oxygen atoms in total. The molecule has 12 heteroatoms. The van der Waals surface area contributed by atoms with Gasteiger partial charge in [0.1, 0.15) is 22.9 Å². The Morgan fingerprint density at radius 3 is 2.40 bits per heavy atom. The molecule has 0 atom stereocenters. The zero-order valence-corrected chi connectivity index (χ0v) is 17.3. The third-order valence-electron chi connectivity index (χ3n) is 3.60. The Bertz CT molecular complexity index is 1070. The van der Waals surface area contributed by atoms with Crippen molar-refractivity contribution in [2.24, 2.45) is 0 Å². The van der Waals surface area contributed by atoms with Gasteiger partial charge in [-0.25, -0.2) is 31.4 Å². The number of rotatable bonds is 5. The van der Waals surface area contributed by atoms with Gasteiger partial charge in [0.25, 0.3) is 10.0 Å². The van der Waals surface area contributed by atoms with Crippen LogP contribution in [0.1, 0.15) is 26.3 Å². The fourth-order valence-corrected chi connectivity index (χ4v) is 3.81. The smallest absolute Gasteiger partial charge is 0.429 e. The molecule has 2 rings (SSSR count). The predicted octanol–water partition coefficient (Wildman–Crippen LogP) is 3.13. The van der Waals surface area contributed by atoms with Crippen LogP contribution in [0.5, 0.6) is 5.88 Å². The number of benzene rings is 1. The molecule has 0 aliphatic carbocycles. The van der Waals surface area contributed by atoms with E-state index < -0.39 is 67.8 Å². The zero-order chi connectivity index (χ0) is 22.9. The fraction of sp³-hybridized carbons (Fsp3) is 0.333. The lowest BCUT2D eigenvalue weighted by molar-refractivity contribution is 0.0607. The number of pyridine rings is 1. The van der Waals surface area contributed by atoms with Crippen molar-refractivity contribution in [3.05, 3.63) is 47.4 Å². The van der Waals surface area contributed by atoms with Crippen molar-refractivity contribution >= 4 is 21.8 Å². The number of aliphatic hydroxyl groups is 1. The second-order valence-corrected chi connectivity index (χ2v) is 8.68. The zero-order valence-electron chi connectivity index (χ0n) is 16.4. The second-order valence-electron chi connectivity index (χ2n) is 6.93. The summed E-state index contributed by atoms with van der Waals surface area (Å²) in [5.41, 5.74) is -3.02. The first-order chi connectivity index (χ1) is 13.8. The summed E-state index contributed by atoms with van der Waals surface area (Å²) in [7, 11) is -4.01. The third-order valence-corrected chi connectivity index (χ3v) is 5.27. The van der Waals surface area contributed by atoms with Crippen molar-refractivity contribution in [3.63, 3.8) is 0 Å². The molecule has 0 saturated heterocycles. The number of methoxy groups -OCH3 is 1. The number of halogens is 3. The first kappa shape index (κ1) is 23.4. The Balaban J connectivity index is 2.81. The van der Waals surface area contributed by atoms with Gasteiger partial charge in [0.2, 0.25) is 5.88 Å². The average Bonchev–Trinajstić information content (AvgIpc) is 2.62. The summed E-state index contributed by atoms with van der Waals surface area (Å²) in [4.78, 5) is 15.3. The second kappa shape index (κ2) is 8.48. The van der Waals surface area contributed by atoms with Gasteiger partial charge in [-0.15, -0.1) is 0 Å². The van der Waals surface area contributed by atoms with Crippen molar-refractivity contribution in [1.82, 2.24) is 4.98 Å². The van der Waals surface area contributed by atoms with Crippen LogP contribution in [0, 0.1) is 17.5 Å². The molecule has 0 fully saturated rings. The van der Waals surface area contributed by atoms with E-state index in [9.17, 15) is 31.5 Å². The van der Waals surface area contributed by atoms with Crippen LogP contribution in [0.2, 0.25) is 0 Å². The maximum Gasteiger partial charge on any atom is 0.429 e. The highest BCUT2D eigenvalue weighted by Crippen LogP contribution is 2.34. The Kier molecular flexibility index (Phi) is 6.62. The third kappa shape index (κ3) is 4.65. The lowest BCUT2D eigenvalue weighted by Gasteiger charge is -2.27. The van der Waals surface area contributed by atoms with E-state index in [0.29, 0.717) is 24.4 Å². The Morgan fingerprint density at radius 2 is 1.87 bits per heavy atom. The van der Waals surface area contributed by atoms with E-state index in [1.54, 1.807) is 0 Å². The molecular formula is C18H19F3N2O6S. The standard InChI is InChI=1S/C18H19F3N2O6S/c1-18(2,3)29-17(25)23(13-6-5-12(20)11(9-24)15(13)21)30(26,27)14-7-10(19)8-22-16(14)28-4/h5-8,24H,9H2,1-4H3. The van der Waals surface area contributed by atoms with E-state index in [1.807, 2.05) is 0 Å². The topological polar surface area (TPSA) is 106 Å². The molecule has 0 aliphatic rings. The van der Waals surface area contributed by atoms with E-state index in [2.05, 4.69) is 4.98 Å². The Labute approximate surface area is 170 Å². The van der Waals surface area contributed by atoms with Crippen LogP contribution in [0.4, 0.5) is 23.7 Å². The lowest BCUT2D eigenvalue weighted by atomic mass is 10.2. The van der Waals surface area contributed by atoms with Gasteiger partial charge in [-0.3, -0.25) is 0 Å². The number of anilines is 1. The van der Waals surface area contributed by atoms with Crippen LogP contribution in [0.25, 0.3) is 0 Å². The van der Waals surface area contributed by atoms with Crippen molar-refractivity contribution in [2.45, 2.75) is 37.9 Å². The number of ether oxygens (including phenoxy) is 2. The van der Waals surface area contributed by atoms with Crippen molar-refractivity contribution in [3.8, 4) is 5.88 Å². The number of hydrogen-bond acceptors (Lipinski definition) is 7. The first-order valence-corrected chi connectivity index (χ1v) is 9.83. The summed E-state index contributed by atoms with van der Waals surface area (Å²) in [6.45, 7) is 3.18. The van der Waals surface area contributed by atoms with Crippen LogP contribution in [-0.4, -0.2) is 37.3 Å². The number of carbonyl (C=O) groups is 1. The summed E-state index contributed by atoms with van der Waals surface area (Å²) < 4.78 is 78.6. The van der Waals surface area contributed by atoms with Gasteiger partial charge >= 0.3 is 6.09 Å². The van der Waals surface area contributed by atoms with Crippen molar-refractivity contribution in [2.75, 3.05) is 11.4 Å².